The molecule has 7 nitrogen and oxygen atoms in total. The van der Waals surface area contributed by atoms with Crippen molar-refractivity contribution in [1.82, 2.24) is 10.6 Å². The van der Waals surface area contributed by atoms with Gasteiger partial charge in [-0.25, -0.2) is 9.59 Å². The second kappa shape index (κ2) is 9.02. The van der Waals surface area contributed by atoms with E-state index in [0.29, 0.717) is 25.7 Å². The number of benzene rings is 2. The first kappa shape index (κ1) is 23.4. The Kier molecular flexibility index (Phi) is 6.03. The lowest BCUT2D eigenvalue weighted by Gasteiger charge is -2.35. The predicted molar refractivity (Wildman–Crippen MR) is 131 cm³/mol. The Morgan fingerprint density at radius 1 is 0.943 bits per heavy atom. The average molecular weight is 477 g/mol. The first-order valence-corrected chi connectivity index (χ1v) is 12.5. The van der Waals surface area contributed by atoms with E-state index >= 15 is 0 Å². The molecule has 7 heteroatoms. The molecule has 2 aromatic carbocycles. The first-order valence-electron chi connectivity index (χ1n) is 12.5. The van der Waals surface area contributed by atoms with Crippen LogP contribution >= 0.6 is 0 Å². The number of amides is 2. The van der Waals surface area contributed by atoms with Gasteiger partial charge in [-0.3, -0.25) is 4.79 Å². The zero-order valence-electron chi connectivity index (χ0n) is 20.0. The quantitative estimate of drug-likeness (QED) is 0.565. The van der Waals surface area contributed by atoms with Gasteiger partial charge in [-0.1, -0.05) is 67.8 Å². The van der Waals surface area contributed by atoms with Crippen LogP contribution in [0.15, 0.2) is 48.5 Å². The van der Waals surface area contributed by atoms with Gasteiger partial charge in [0.05, 0.1) is 5.41 Å². The molecule has 2 saturated carbocycles. The lowest BCUT2D eigenvalue weighted by atomic mass is 9.82. The molecule has 0 heterocycles. The predicted octanol–water partition coefficient (Wildman–Crippen LogP) is 4.60. The standard InChI is InChI=1S/C28H32N2O5/c1-27(24(31)30-28(25(32)33)15-6-7-16-28)14-8-13-23(27)29-26(34)35-17-22-20-11-4-2-9-18(20)19-10-3-5-12-21(19)22/h2-5,9-12,22-23H,6-8,13-17H2,1H3,(H,29,34)(H,30,31)(H,32,33). The van der Waals surface area contributed by atoms with Crippen LogP contribution in [0.2, 0.25) is 0 Å². The molecule has 184 valence electrons. The van der Waals surface area contributed by atoms with E-state index in [-0.39, 0.29) is 18.4 Å². The number of carbonyl (C=O) groups is 3. The molecule has 2 amide bonds. The van der Waals surface area contributed by atoms with E-state index in [1.807, 2.05) is 31.2 Å². The van der Waals surface area contributed by atoms with Gasteiger partial charge < -0.3 is 20.5 Å². The third-order valence-electron chi connectivity index (χ3n) is 8.33. The summed E-state index contributed by atoms with van der Waals surface area (Å²) >= 11 is 0. The smallest absolute Gasteiger partial charge is 0.407 e. The van der Waals surface area contributed by atoms with Gasteiger partial charge >= 0.3 is 12.1 Å². The molecule has 0 bridgehead atoms. The summed E-state index contributed by atoms with van der Waals surface area (Å²) in [7, 11) is 0. The largest absolute Gasteiger partial charge is 0.480 e. The van der Waals surface area contributed by atoms with Crippen molar-refractivity contribution in [2.45, 2.75) is 69.4 Å². The van der Waals surface area contributed by atoms with Crippen molar-refractivity contribution in [2.24, 2.45) is 5.41 Å². The summed E-state index contributed by atoms with van der Waals surface area (Å²) in [4.78, 5) is 38.1. The van der Waals surface area contributed by atoms with Crippen molar-refractivity contribution >= 4 is 18.0 Å². The van der Waals surface area contributed by atoms with E-state index in [9.17, 15) is 19.5 Å². The van der Waals surface area contributed by atoms with Crippen molar-refractivity contribution in [3.8, 4) is 11.1 Å². The molecule has 35 heavy (non-hydrogen) atoms. The highest BCUT2D eigenvalue weighted by Gasteiger charge is 2.51. The van der Waals surface area contributed by atoms with Crippen LogP contribution in [0.3, 0.4) is 0 Å². The minimum Gasteiger partial charge on any atom is -0.480 e. The Morgan fingerprint density at radius 3 is 2.14 bits per heavy atom. The lowest BCUT2D eigenvalue weighted by Crippen LogP contribution is -2.59. The molecule has 2 aromatic rings. The maximum absolute atomic E-state index is 13.3. The van der Waals surface area contributed by atoms with Gasteiger partial charge in [-0.15, -0.1) is 0 Å². The Hall–Kier alpha value is -3.35. The second-order valence-electron chi connectivity index (χ2n) is 10.4. The van der Waals surface area contributed by atoms with Gasteiger partial charge in [-0.2, -0.15) is 0 Å². The number of carbonyl (C=O) groups excluding carboxylic acids is 2. The molecular formula is C28H32N2O5. The maximum atomic E-state index is 13.3. The van der Waals surface area contributed by atoms with Crippen LogP contribution in [-0.4, -0.2) is 41.3 Å². The number of hydrogen-bond acceptors (Lipinski definition) is 4. The summed E-state index contributed by atoms with van der Waals surface area (Å²) in [5, 5.41) is 15.5. The number of alkyl carbamates (subject to hydrolysis) is 1. The molecule has 2 unspecified atom stereocenters. The highest BCUT2D eigenvalue weighted by Crippen LogP contribution is 2.45. The number of rotatable bonds is 6. The van der Waals surface area contributed by atoms with Crippen molar-refractivity contribution in [3.63, 3.8) is 0 Å². The van der Waals surface area contributed by atoms with Crippen molar-refractivity contribution in [2.75, 3.05) is 6.61 Å². The van der Waals surface area contributed by atoms with Gasteiger partial charge in [0.15, 0.2) is 0 Å². The zero-order valence-corrected chi connectivity index (χ0v) is 20.0. The molecule has 0 radical (unpaired) electrons. The molecule has 3 aliphatic rings. The fourth-order valence-electron chi connectivity index (χ4n) is 6.18. The van der Waals surface area contributed by atoms with Crippen LogP contribution in [0.5, 0.6) is 0 Å². The van der Waals surface area contributed by atoms with Gasteiger partial charge in [0.25, 0.3) is 0 Å². The fraction of sp³-hybridized carbons (Fsp3) is 0.464. The summed E-state index contributed by atoms with van der Waals surface area (Å²) in [6, 6.07) is 15.9. The third kappa shape index (κ3) is 4.07. The number of ether oxygens (including phenoxy) is 1. The lowest BCUT2D eigenvalue weighted by molar-refractivity contribution is -0.149. The molecular weight excluding hydrogens is 444 g/mol. The molecule has 0 saturated heterocycles. The Bertz CT molecular complexity index is 1110. The molecule has 0 aliphatic heterocycles. The van der Waals surface area contributed by atoms with Crippen molar-refractivity contribution < 1.29 is 24.2 Å². The van der Waals surface area contributed by atoms with E-state index in [2.05, 4.69) is 34.9 Å². The number of hydrogen-bond donors (Lipinski definition) is 3. The maximum Gasteiger partial charge on any atom is 0.407 e. The van der Waals surface area contributed by atoms with Crippen LogP contribution in [0.4, 0.5) is 4.79 Å². The van der Waals surface area contributed by atoms with Gasteiger partial charge in [0, 0.05) is 12.0 Å². The highest BCUT2D eigenvalue weighted by molar-refractivity contribution is 5.91. The number of nitrogens with one attached hydrogen (secondary N) is 2. The number of fused-ring (bicyclic) bond motifs is 3. The summed E-state index contributed by atoms with van der Waals surface area (Å²) < 4.78 is 5.69. The van der Waals surface area contributed by atoms with Gasteiger partial charge in [0.1, 0.15) is 12.1 Å². The van der Waals surface area contributed by atoms with Crippen LogP contribution < -0.4 is 10.6 Å². The Labute approximate surface area is 205 Å². The van der Waals surface area contributed by atoms with E-state index in [4.69, 9.17) is 4.74 Å². The zero-order chi connectivity index (χ0) is 24.6. The Morgan fingerprint density at radius 2 is 1.54 bits per heavy atom. The summed E-state index contributed by atoms with van der Waals surface area (Å²) in [5.74, 6) is -1.32. The first-order chi connectivity index (χ1) is 16.8. The average Bonchev–Trinajstić information content (AvgIpc) is 3.55. The monoisotopic (exact) mass is 476 g/mol. The highest BCUT2D eigenvalue weighted by atomic mass is 16.5. The minimum absolute atomic E-state index is 0.0378. The summed E-state index contributed by atoms with van der Waals surface area (Å²) in [5.41, 5.74) is 2.53. The van der Waals surface area contributed by atoms with Crippen LogP contribution in [-0.2, 0) is 14.3 Å². The van der Waals surface area contributed by atoms with Crippen LogP contribution in [0.25, 0.3) is 11.1 Å². The second-order valence-corrected chi connectivity index (χ2v) is 10.4. The van der Waals surface area contributed by atoms with E-state index < -0.39 is 29.1 Å². The minimum atomic E-state index is -1.20. The van der Waals surface area contributed by atoms with Crippen LogP contribution in [0, 0.1) is 5.41 Å². The molecule has 3 N–H and O–H groups in total. The normalized spacial score (nSPS) is 24.4. The molecule has 3 aliphatic carbocycles. The molecule has 5 rings (SSSR count). The topological polar surface area (TPSA) is 105 Å². The fourth-order valence-corrected chi connectivity index (χ4v) is 6.18. The SMILES string of the molecule is CC1(C(=O)NC2(C(=O)O)CCCC2)CCCC1NC(=O)OCC1c2ccccc2-c2ccccc21. The number of carboxylic acid groups (broad SMARTS) is 1. The molecule has 0 aromatic heterocycles. The molecule has 0 spiro atoms. The van der Waals surface area contributed by atoms with Crippen molar-refractivity contribution in [3.05, 3.63) is 59.7 Å². The summed E-state index contributed by atoms with van der Waals surface area (Å²) in [6.07, 6.45) is 3.90. The number of carboxylic acids is 1. The van der Waals surface area contributed by atoms with Crippen molar-refractivity contribution in [1.29, 1.82) is 0 Å². The molecule has 2 atom stereocenters. The number of aliphatic carboxylic acids is 1. The van der Waals surface area contributed by atoms with Crippen LogP contribution in [0.1, 0.15) is 68.9 Å². The van der Waals surface area contributed by atoms with E-state index in [1.54, 1.807) is 0 Å². The van der Waals surface area contributed by atoms with E-state index in [1.165, 1.54) is 0 Å². The molecule has 2 fully saturated rings. The van der Waals surface area contributed by atoms with Gasteiger partial charge in [-0.05, 0) is 54.9 Å². The Balaban J connectivity index is 1.25. The van der Waals surface area contributed by atoms with E-state index in [0.717, 1.165) is 41.5 Å². The summed E-state index contributed by atoms with van der Waals surface area (Å²) in [6.45, 7) is 2.02. The van der Waals surface area contributed by atoms with Gasteiger partial charge in [0.2, 0.25) is 5.91 Å². The third-order valence-corrected chi connectivity index (χ3v) is 8.33.